The summed E-state index contributed by atoms with van der Waals surface area (Å²) in [6.45, 7) is 0. The second kappa shape index (κ2) is 13.8. The Morgan fingerprint density at radius 2 is 1.00 bits per heavy atom. The minimum Gasteiger partial charge on any atom is -0.273 e. The number of rotatable bonds is 12. The van der Waals surface area contributed by atoms with Gasteiger partial charge < -0.3 is 0 Å². The summed E-state index contributed by atoms with van der Waals surface area (Å²) < 4.78 is 0. The van der Waals surface area contributed by atoms with Gasteiger partial charge in [0.1, 0.15) is 0 Å². The van der Waals surface area contributed by atoms with Crippen LogP contribution in [0.4, 0.5) is 0 Å². The van der Waals surface area contributed by atoms with Gasteiger partial charge in [-0.1, -0.05) is 79.9 Å². The van der Waals surface area contributed by atoms with Crippen molar-refractivity contribution in [1.82, 2.24) is 10.9 Å². The van der Waals surface area contributed by atoms with Crippen LogP contribution >= 0.6 is 0 Å². The minimum absolute atomic E-state index is 0.0761. The standard InChI is InChI=1S/C23H28N4O2/c28-22(26-24-18-20-12-6-4-7-13-20)16-10-2-1-3-11-17-23(29)27-25-19-21-14-8-5-9-15-21/h4-9,12-15,18-19H,1-3,10-11,16-17H2,(H,26,28)(H,27,29)/b24-18-,25-19+. The number of unbranched alkanes of at least 4 members (excludes halogenated alkanes) is 4. The predicted molar refractivity (Wildman–Crippen MR) is 117 cm³/mol. The van der Waals surface area contributed by atoms with Crippen molar-refractivity contribution in [3.05, 3.63) is 71.8 Å². The Morgan fingerprint density at radius 1 is 0.621 bits per heavy atom. The lowest BCUT2D eigenvalue weighted by atomic mass is 10.1. The first-order valence-electron chi connectivity index (χ1n) is 9.98. The molecule has 2 N–H and O–H groups in total. The minimum atomic E-state index is -0.0761. The van der Waals surface area contributed by atoms with E-state index in [-0.39, 0.29) is 11.8 Å². The van der Waals surface area contributed by atoms with Crippen molar-refractivity contribution in [1.29, 1.82) is 0 Å². The smallest absolute Gasteiger partial charge is 0.240 e. The molecule has 2 aromatic carbocycles. The first-order chi connectivity index (χ1) is 14.2. The molecule has 0 unspecified atom stereocenters. The van der Waals surface area contributed by atoms with Crippen molar-refractivity contribution in [2.24, 2.45) is 10.2 Å². The first-order valence-corrected chi connectivity index (χ1v) is 9.98. The number of carbonyl (C=O) groups excluding carboxylic acids is 2. The third-order valence-corrected chi connectivity index (χ3v) is 4.21. The summed E-state index contributed by atoms with van der Waals surface area (Å²) in [5.41, 5.74) is 6.98. The molecule has 0 fully saturated rings. The highest BCUT2D eigenvalue weighted by Gasteiger charge is 2.01. The van der Waals surface area contributed by atoms with Gasteiger partial charge in [-0.25, -0.2) is 10.9 Å². The molecule has 2 amide bonds. The molecule has 6 nitrogen and oxygen atoms in total. The summed E-state index contributed by atoms with van der Waals surface area (Å²) in [6, 6.07) is 19.2. The highest BCUT2D eigenvalue weighted by Crippen LogP contribution is 2.07. The second-order valence-electron chi connectivity index (χ2n) is 6.68. The molecule has 152 valence electrons. The Hall–Kier alpha value is -3.28. The summed E-state index contributed by atoms with van der Waals surface area (Å²) in [4.78, 5) is 23.4. The molecule has 6 heteroatoms. The number of nitrogens with zero attached hydrogens (tertiary/aromatic N) is 2. The van der Waals surface area contributed by atoms with Crippen LogP contribution in [-0.4, -0.2) is 24.2 Å². The van der Waals surface area contributed by atoms with Gasteiger partial charge in [0, 0.05) is 12.8 Å². The van der Waals surface area contributed by atoms with Crippen molar-refractivity contribution in [3.63, 3.8) is 0 Å². The van der Waals surface area contributed by atoms with E-state index in [4.69, 9.17) is 0 Å². The second-order valence-corrected chi connectivity index (χ2v) is 6.68. The van der Waals surface area contributed by atoms with Crippen LogP contribution in [-0.2, 0) is 9.59 Å². The van der Waals surface area contributed by atoms with Crippen molar-refractivity contribution >= 4 is 24.2 Å². The van der Waals surface area contributed by atoms with E-state index < -0.39 is 0 Å². The Morgan fingerprint density at radius 3 is 1.41 bits per heavy atom. The Kier molecular flexibility index (Phi) is 10.5. The van der Waals surface area contributed by atoms with E-state index in [1.807, 2.05) is 60.7 Å². The fourth-order valence-corrected chi connectivity index (χ4v) is 2.65. The zero-order valence-corrected chi connectivity index (χ0v) is 16.6. The van der Waals surface area contributed by atoms with E-state index in [9.17, 15) is 9.59 Å². The van der Waals surface area contributed by atoms with Gasteiger partial charge in [-0.2, -0.15) is 10.2 Å². The maximum atomic E-state index is 11.7. The van der Waals surface area contributed by atoms with Gasteiger partial charge in [0.2, 0.25) is 11.8 Å². The van der Waals surface area contributed by atoms with E-state index in [0.29, 0.717) is 12.8 Å². The quantitative estimate of drug-likeness (QED) is 0.325. The van der Waals surface area contributed by atoms with Gasteiger partial charge in [-0.3, -0.25) is 9.59 Å². The third-order valence-electron chi connectivity index (χ3n) is 4.21. The summed E-state index contributed by atoms with van der Waals surface area (Å²) >= 11 is 0. The van der Waals surface area contributed by atoms with Crippen LogP contribution in [0, 0.1) is 0 Å². The van der Waals surface area contributed by atoms with Crippen LogP contribution in [0.3, 0.4) is 0 Å². The zero-order valence-electron chi connectivity index (χ0n) is 16.6. The molecule has 0 aliphatic heterocycles. The van der Waals surface area contributed by atoms with Crippen molar-refractivity contribution in [2.45, 2.75) is 44.9 Å². The first kappa shape index (κ1) is 22.0. The van der Waals surface area contributed by atoms with Gasteiger partial charge in [0.15, 0.2) is 0 Å². The van der Waals surface area contributed by atoms with Crippen LogP contribution in [0.25, 0.3) is 0 Å². The normalized spacial score (nSPS) is 11.0. The molecule has 0 saturated carbocycles. The summed E-state index contributed by atoms with van der Waals surface area (Å²) in [7, 11) is 0. The van der Waals surface area contributed by atoms with Crippen LogP contribution < -0.4 is 10.9 Å². The lowest BCUT2D eigenvalue weighted by Crippen LogP contribution is -2.17. The molecule has 29 heavy (non-hydrogen) atoms. The number of hydrazone groups is 2. The van der Waals surface area contributed by atoms with Crippen molar-refractivity contribution in [2.75, 3.05) is 0 Å². The van der Waals surface area contributed by atoms with Crippen LogP contribution in [0.15, 0.2) is 70.9 Å². The Labute approximate surface area is 172 Å². The fraction of sp³-hybridized carbons (Fsp3) is 0.304. The molecule has 0 aliphatic carbocycles. The van der Waals surface area contributed by atoms with Gasteiger partial charge in [0.05, 0.1) is 12.4 Å². The molecule has 0 bridgehead atoms. The van der Waals surface area contributed by atoms with Crippen LogP contribution in [0.2, 0.25) is 0 Å². The fourth-order valence-electron chi connectivity index (χ4n) is 2.65. The molecule has 2 aromatic rings. The topological polar surface area (TPSA) is 82.9 Å². The lowest BCUT2D eigenvalue weighted by Gasteiger charge is -2.02. The maximum absolute atomic E-state index is 11.7. The largest absolute Gasteiger partial charge is 0.273 e. The highest BCUT2D eigenvalue weighted by molar-refractivity contribution is 5.82. The summed E-state index contributed by atoms with van der Waals surface area (Å²) in [5, 5.41) is 7.91. The van der Waals surface area contributed by atoms with E-state index in [1.165, 1.54) is 0 Å². The van der Waals surface area contributed by atoms with E-state index in [1.54, 1.807) is 12.4 Å². The van der Waals surface area contributed by atoms with Crippen molar-refractivity contribution < 1.29 is 9.59 Å². The lowest BCUT2D eigenvalue weighted by molar-refractivity contribution is -0.121. The molecule has 0 aromatic heterocycles. The number of hydrogen-bond acceptors (Lipinski definition) is 4. The molecule has 2 rings (SSSR count). The van der Waals surface area contributed by atoms with Gasteiger partial charge in [-0.05, 0) is 24.0 Å². The SMILES string of the molecule is O=C(CCCCCCCC(=O)N/N=C/c1ccccc1)N/N=C\c1ccccc1. The average molecular weight is 393 g/mol. The molecule has 0 atom stereocenters. The van der Waals surface area contributed by atoms with Gasteiger partial charge >= 0.3 is 0 Å². The van der Waals surface area contributed by atoms with Crippen LogP contribution in [0.5, 0.6) is 0 Å². The Bertz CT molecular complexity index is 722. The van der Waals surface area contributed by atoms with E-state index in [0.717, 1.165) is 43.2 Å². The van der Waals surface area contributed by atoms with E-state index >= 15 is 0 Å². The molecular weight excluding hydrogens is 364 g/mol. The summed E-state index contributed by atoms with van der Waals surface area (Å²) in [5.74, 6) is -0.152. The molecular formula is C23H28N4O2. The summed E-state index contributed by atoms with van der Waals surface area (Å²) in [6.07, 6.45) is 8.75. The molecule has 0 spiro atoms. The van der Waals surface area contributed by atoms with Gasteiger partial charge in [-0.15, -0.1) is 0 Å². The highest BCUT2D eigenvalue weighted by atomic mass is 16.2. The number of amides is 2. The third kappa shape index (κ3) is 10.6. The predicted octanol–water partition coefficient (Wildman–Crippen LogP) is 4.02. The van der Waals surface area contributed by atoms with Crippen molar-refractivity contribution in [3.8, 4) is 0 Å². The molecule has 0 aliphatic rings. The zero-order chi connectivity index (χ0) is 20.6. The van der Waals surface area contributed by atoms with Crippen LogP contribution in [0.1, 0.15) is 56.1 Å². The number of hydrogen-bond donors (Lipinski definition) is 2. The van der Waals surface area contributed by atoms with E-state index in [2.05, 4.69) is 21.1 Å². The molecule has 0 heterocycles. The molecule has 0 saturated heterocycles. The number of benzene rings is 2. The number of carbonyl (C=O) groups is 2. The molecule has 0 radical (unpaired) electrons. The van der Waals surface area contributed by atoms with Gasteiger partial charge in [0.25, 0.3) is 0 Å². The Balaban J connectivity index is 1.44. The number of nitrogens with one attached hydrogen (secondary N) is 2. The maximum Gasteiger partial charge on any atom is 0.240 e. The monoisotopic (exact) mass is 392 g/mol. The average Bonchev–Trinajstić information content (AvgIpc) is 2.74.